The van der Waals surface area contributed by atoms with Crippen LogP contribution in [0.2, 0.25) is 0 Å². The van der Waals surface area contributed by atoms with Crippen molar-refractivity contribution in [1.82, 2.24) is 4.98 Å². The molecule has 0 radical (unpaired) electrons. The monoisotopic (exact) mass is 345 g/mol. The minimum atomic E-state index is -3.25. The van der Waals surface area contributed by atoms with Gasteiger partial charge in [0.15, 0.2) is 0 Å². The van der Waals surface area contributed by atoms with Crippen molar-refractivity contribution in [3.05, 3.63) is 65.0 Å². The summed E-state index contributed by atoms with van der Waals surface area (Å²) in [6.45, 7) is -1.26. The Morgan fingerprint density at radius 2 is 1.87 bits per heavy atom. The van der Waals surface area contributed by atoms with Crippen LogP contribution in [0.25, 0.3) is 22.0 Å². The normalized spacial score (nSPS) is 13.8. The number of hydrogen-bond donors (Lipinski definition) is 2. The van der Waals surface area contributed by atoms with Gasteiger partial charge in [-0.05, 0) is 41.6 Å². The molecule has 4 nitrogen and oxygen atoms in total. The lowest BCUT2D eigenvalue weighted by Gasteiger charge is -2.14. The molecule has 1 atom stereocenters. The molecular weight excluding hydrogens is 329 g/mol. The van der Waals surface area contributed by atoms with Crippen molar-refractivity contribution >= 4 is 34.4 Å². The fraction of sp³-hybridized carbons (Fsp3) is 0.118. The summed E-state index contributed by atoms with van der Waals surface area (Å²) >= 11 is 5.06. The number of benzene rings is 2. The third-order valence-corrected chi connectivity index (χ3v) is 6.05. The lowest BCUT2D eigenvalue weighted by atomic mass is 10.0. The van der Waals surface area contributed by atoms with Gasteiger partial charge < -0.3 is 14.4 Å². The van der Waals surface area contributed by atoms with Gasteiger partial charge in [0, 0.05) is 11.3 Å². The Kier molecular flexibility index (Phi) is 4.46. The van der Waals surface area contributed by atoms with Gasteiger partial charge in [0.05, 0.1) is 6.61 Å². The molecule has 1 aromatic heterocycles. The van der Waals surface area contributed by atoms with Crippen LogP contribution >= 0.6 is 6.49 Å². The molecule has 1 heterocycles. The maximum absolute atomic E-state index is 12.3. The zero-order valence-corrected chi connectivity index (χ0v) is 14.2. The van der Waals surface area contributed by atoms with Gasteiger partial charge in [0.1, 0.15) is 5.30 Å². The number of aromatic nitrogens is 1. The van der Waals surface area contributed by atoms with Crippen molar-refractivity contribution in [1.29, 1.82) is 0 Å². The maximum Gasteiger partial charge on any atom is 0.261 e. The van der Waals surface area contributed by atoms with E-state index < -0.39 is 12.1 Å². The standard InChI is InChI=1S/C17H16NO3PS/c1-2-21-22(20,23)16-11-10-15(18-17(16)19)14-9-5-7-12-6-3-4-8-13(12)14/h3-11H,2H2,1H3,(H,18,19)(H,20,23). The van der Waals surface area contributed by atoms with Crippen LogP contribution in [0, 0.1) is 0 Å². The first-order chi connectivity index (χ1) is 11.0. The largest absolute Gasteiger partial charge is 0.342 e. The molecule has 0 aliphatic rings. The number of fused-ring (bicyclic) bond motifs is 1. The third kappa shape index (κ3) is 3.14. The molecule has 0 saturated carbocycles. The van der Waals surface area contributed by atoms with Crippen LogP contribution in [-0.4, -0.2) is 16.5 Å². The van der Waals surface area contributed by atoms with Gasteiger partial charge in [0.2, 0.25) is 6.49 Å². The lowest BCUT2D eigenvalue weighted by molar-refractivity contribution is 0.335. The molecule has 0 aliphatic heterocycles. The molecule has 3 aromatic rings. The van der Waals surface area contributed by atoms with Gasteiger partial charge >= 0.3 is 0 Å². The first kappa shape index (κ1) is 16.1. The highest BCUT2D eigenvalue weighted by Gasteiger charge is 2.20. The molecule has 118 valence electrons. The SMILES string of the molecule is CCOP(O)(=S)c1ccc(-c2cccc3ccccc23)[nH]c1=O. The highest BCUT2D eigenvalue weighted by molar-refractivity contribution is 8.13. The van der Waals surface area contributed by atoms with E-state index in [-0.39, 0.29) is 11.9 Å². The highest BCUT2D eigenvalue weighted by atomic mass is 32.5. The van der Waals surface area contributed by atoms with Crippen molar-refractivity contribution in [2.45, 2.75) is 6.92 Å². The van der Waals surface area contributed by atoms with E-state index in [0.29, 0.717) is 5.69 Å². The first-order valence-corrected chi connectivity index (χ1v) is 9.89. The van der Waals surface area contributed by atoms with Crippen LogP contribution in [0.5, 0.6) is 0 Å². The summed E-state index contributed by atoms with van der Waals surface area (Å²) < 4.78 is 5.17. The molecule has 0 fully saturated rings. The molecule has 0 aliphatic carbocycles. The van der Waals surface area contributed by atoms with Gasteiger partial charge in [-0.2, -0.15) is 0 Å². The Labute approximate surface area is 138 Å². The molecule has 6 heteroatoms. The number of pyridine rings is 1. The van der Waals surface area contributed by atoms with Gasteiger partial charge in [-0.15, -0.1) is 0 Å². The van der Waals surface area contributed by atoms with Crippen molar-refractivity contribution in [3.8, 4) is 11.3 Å². The molecule has 0 saturated heterocycles. The zero-order chi connectivity index (χ0) is 16.4. The van der Waals surface area contributed by atoms with Crippen LogP contribution in [0.3, 0.4) is 0 Å². The molecule has 23 heavy (non-hydrogen) atoms. The Hall–Kier alpha value is -1.78. The van der Waals surface area contributed by atoms with Crippen LogP contribution < -0.4 is 10.9 Å². The second-order valence-electron chi connectivity index (χ2n) is 5.05. The fourth-order valence-corrected chi connectivity index (χ4v) is 4.36. The molecule has 0 amide bonds. The smallest absolute Gasteiger partial charge is 0.261 e. The molecule has 0 spiro atoms. The van der Waals surface area contributed by atoms with Crippen molar-refractivity contribution in [2.75, 3.05) is 6.61 Å². The summed E-state index contributed by atoms with van der Waals surface area (Å²) in [5.41, 5.74) is 1.20. The second kappa shape index (κ2) is 6.38. The van der Waals surface area contributed by atoms with E-state index in [1.54, 1.807) is 19.1 Å². The predicted molar refractivity (Wildman–Crippen MR) is 97.8 cm³/mol. The van der Waals surface area contributed by atoms with E-state index in [2.05, 4.69) is 4.98 Å². The summed E-state index contributed by atoms with van der Waals surface area (Å²) in [6.07, 6.45) is 0. The highest BCUT2D eigenvalue weighted by Crippen LogP contribution is 2.39. The van der Waals surface area contributed by atoms with Crippen molar-refractivity contribution < 1.29 is 9.42 Å². The number of aromatic amines is 1. The number of rotatable bonds is 4. The fourth-order valence-electron chi connectivity index (χ4n) is 2.55. The third-order valence-electron chi connectivity index (χ3n) is 3.58. The summed E-state index contributed by atoms with van der Waals surface area (Å²) in [5, 5.41) is 2.27. The molecule has 1 unspecified atom stereocenters. The topological polar surface area (TPSA) is 62.3 Å². The Morgan fingerprint density at radius 1 is 1.13 bits per heavy atom. The van der Waals surface area contributed by atoms with E-state index in [9.17, 15) is 9.69 Å². The van der Waals surface area contributed by atoms with Gasteiger partial charge in [-0.3, -0.25) is 4.79 Å². The van der Waals surface area contributed by atoms with Crippen molar-refractivity contribution in [2.24, 2.45) is 0 Å². The Bertz CT molecular complexity index is 962. The average Bonchev–Trinajstić information content (AvgIpc) is 2.54. The number of H-pyrrole nitrogens is 1. The zero-order valence-electron chi connectivity index (χ0n) is 12.5. The molecule has 2 N–H and O–H groups in total. The Morgan fingerprint density at radius 3 is 2.61 bits per heavy atom. The van der Waals surface area contributed by atoms with E-state index >= 15 is 0 Å². The molecule has 3 rings (SSSR count). The maximum atomic E-state index is 12.3. The average molecular weight is 345 g/mol. The van der Waals surface area contributed by atoms with Gasteiger partial charge in [-0.1, -0.05) is 42.5 Å². The second-order valence-corrected chi connectivity index (χ2v) is 8.32. The van der Waals surface area contributed by atoms with E-state index in [1.807, 2.05) is 42.5 Å². The predicted octanol–water partition coefficient (Wildman–Crippen LogP) is 3.16. The lowest BCUT2D eigenvalue weighted by Crippen LogP contribution is -2.28. The van der Waals surface area contributed by atoms with E-state index in [1.165, 1.54) is 0 Å². The summed E-state index contributed by atoms with van der Waals surface area (Å²) in [4.78, 5) is 25.3. The van der Waals surface area contributed by atoms with E-state index in [4.69, 9.17) is 16.3 Å². The quantitative estimate of drug-likeness (QED) is 0.713. The first-order valence-electron chi connectivity index (χ1n) is 7.22. The minimum absolute atomic E-state index is 0.123. The molecule has 0 bridgehead atoms. The van der Waals surface area contributed by atoms with Crippen LogP contribution in [0.1, 0.15) is 6.92 Å². The number of nitrogens with one attached hydrogen (secondary N) is 1. The van der Waals surface area contributed by atoms with Crippen LogP contribution in [0.15, 0.2) is 59.4 Å². The summed E-state index contributed by atoms with van der Waals surface area (Å²) in [7, 11) is 0. The van der Waals surface area contributed by atoms with E-state index in [0.717, 1.165) is 16.3 Å². The minimum Gasteiger partial charge on any atom is -0.342 e. The molecule has 2 aromatic carbocycles. The summed E-state index contributed by atoms with van der Waals surface area (Å²) in [6, 6.07) is 17.2. The Balaban J connectivity index is 2.14. The van der Waals surface area contributed by atoms with Crippen LogP contribution in [-0.2, 0) is 16.3 Å². The number of hydrogen-bond acceptors (Lipinski definition) is 3. The van der Waals surface area contributed by atoms with Crippen molar-refractivity contribution in [3.63, 3.8) is 0 Å². The summed E-state index contributed by atoms with van der Waals surface area (Å²) in [5.74, 6) is 0. The van der Waals surface area contributed by atoms with Gasteiger partial charge in [0.25, 0.3) is 5.56 Å². The van der Waals surface area contributed by atoms with Crippen LogP contribution in [0.4, 0.5) is 0 Å². The molecular formula is C17H16NO3PS. The van der Waals surface area contributed by atoms with Gasteiger partial charge in [-0.25, -0.2) is 0 Å².